The van der Waals surface area contributed by atoms with Crippen molar-refractivity contribution in [1.29, 1.82) is 0 Å². The van der Waals surface area contributed by atoms with Gasteiger partial charge < -0.3 is 11.1 Å². The number of para-hydroxylation sites is 1. The summed E-state index contributed by atoms with van der Waals surface area (Å²) in [6.07, 6.45) is 2.23. The van der Waals surface area contributed by atoms with E-state index in [2.05, 4.69) is 52.0 Å². The summed E-state index contributed by atoms with van der Waals surface area (Å²) in [6.45, 7) is 9.62. The number of aryl methyl sites for hydroxylation is 1. The fourth-order valence-electron chi connectivity index (χ4n) is 3.76. The van der Waals surface area contributed by atoms with Crippen molar-refractivity contribution in [2.45, 2.75) is 40.2 Å². The molecule has 3 N–H and O–H groups in total. The number of nitrogen functional groups attached to an aromatic ring is 1. The van der Waals surface area contributed by atoms with Crippen LogP contribution in [0.1, 0.15) is 38.6 Å². The zero-order valence-corrected chi connectivity index (χ0v) is 15.4. The van der Waals surface area contributed by atoms with Crippen LogP contribution < -0.4 is 11.1 Å². The van der Waals surface area contributed by atoms with Crippen molar-refractivity contribution in [1.82, 2.24) is 19.9 Å². The van der Waals surface area contributed by atoms with E-state index < -0.39 is 0 Å². The van der Waals surface area contributed by atoms with Crippen LogP contribution in [0, 0.1) is 11.8 Å². The lowest BCUT2D eigenvalue weighted by Gasteiger charge is -2.34. The molecule has 0 saturated carbocycles. The van der Waals surface area contributed by atoms with Crippen molar-refractivity contribution < 1.29 is 0 Å². The van der Waals surface area contributed by atoms with Gasteiger partial charge in [-0.2, -0.15) is 15.0 Å². The summed E-state index contributed by atoms with van der Waals surface area (Å²) < 4.78 is 0. The van der Waals surface area contributed by atoms with Crippen LogP contribution in [0.2, 0.25) is 0 Å². The molecule has 134 valence electrons. The maximum atomic E-state index is 5.92. The van der Waals surface area contributed by atoms with Crippen LogP contribution in [0.4, 0.5) is 17.6 Å². The topological polar surface area (TPSA) is 80.0 Å². The molecule has 0 spiro atoms. The molecule has 2 atom stereocenters. The Hall–Kier alpha value is -2.21. The van der Waals surface area contributed by atoms with Gasteiger partial charge in [-0.1, -0.05) is 39.0 Å². The molecule has 0 aliphatic carbocycles. The number of nitrogens with two attached hydrogens (primary N) is 1. The number of hydrogen-bond donors (Lipinski definition) is 2. The number of nitrogens with one attached hydrogen (secondary N) is 1. The number of likely N-dealkylation sites (tertiary alicyclic amines) is 1. The molecule has 2 heterocycles. The second kappa shape index (κ2) is 7.78. The van der Waals surface area contributed by atoms with Crippen molar-refractivity contribution >= 4 is 17.6 Å². The summed E-state index contributed by atoms with van der Waals surface area (Å²) in [5, 5.41) is 3.30. The molecule has 1 saturated heterocycles. The Kier molecular flexibility index (Phi) is 5.48. The SMILES string of the molecule is CCc1ccccc1Nc1nc(N)nc(CN2CC(C)CC(C)C2)n1. The van der Waals surface area contributed by atoms with Gasteiger partial charge in [0.05, 0.1) is 6.54 Å². The van der Waals surface area contributed by atoms with Crippen molar-refractivity contribution in [3.8, 4) is 0 Å². The van der Waals surface area contributed by atoms with E-state index in [1.54, 1.807) is 0 Å². The highest BCUT2D eigenvalue weighted by atomic mass is 15.2. The predicted molar refractivity (Wildman–Crippen MR) is 102 cm³/mol. The monoisotopic (exact) mass is 340 g/mol. The van der Waals surface area contributed by atoms with Gasteiger partial charge in [0.15, 0.2) is 0 Å². The van der Waals surface area contributed by atoms with Crippen LogP contribution in [0.3, 0.4) is 0 Å². The molecule has 2 unspecified atom stereocenters. The van der Waals surface area contributed by atoms with Gasteiger partial charge in [-0.05, 0) is 36.3 Å². The van der Waals surface area contributed by atoms with E-state index in [0.717, 1.165) is 31.0 Å². The van der Waals surface area contributed by atoms with E-state index in [1.165, 1.54) is 12.0 Å². The van der Waals surface area contributed by atoms with E-state index >= 15 is 0 Å². The molecule has 0 radical (unpaired) electrons. The van der Waals surface area contributed by atoms with Gasteiger partial charge in [0.2, 0.25) is 11.9 Å². The third-order valence-electron chi connectivity index (χ3n) is 4.65. The first-order valence-electron chi connectivity index (χ1n) is 9.11. The highest BCUT2D eigenvalue weighted by Crippen LogP contribution is 2.23. The Bertz CT molecular complexity index is 707. The Labute approximate surface area is 149 Å². The fraction of sp³-hybridized carbons (Fsp3) is 0.526. The van der Waals surface area contributed by atoms with Crippen molar-refractivity contribution in [2.24, 2.45) is 11.8 Å². The third kappa shape index (κ3) is 4.66. The van der Waals surface area contributed by atoms with Gasteiger partial charge >= 0.3 is 0 Å². The van der Waals surface area contributed by atoms with Crippen LogP contribution >= 0.6 is 0 Å². The molecular formula is C19H28N6. The van der Waals surface area contributed by atoms with Gasteiger partial charge in [-0.3, -0.25) is 4.90 Å². The zero-order valence-electron chi connectivity index (χ0n) is 15.4. The van der Waals surface area contributed by atoms with E-state index in [9.17, 15) is 0 Å². The van der Waals surface area contributed by atoms with Crippen LogP contribution in [0.15, 0.2) is 24.3 Å². The maximum absolute atomic E-state index is 5.92. The van der Waals surface area contributed by atoms with Crippen molar-refractivity contribution in [2.75, 3.05) is 24.1 Å². The van der Waals surface area contributed by atoms with Gasteiger partial charge in [-0.15, -0.1) is 0 Å². The summed E-state index contributed by atoms with van der Waals surface area (Å²) in [4.78, 5) is 15.6. The van der Waals surface area contributed by atoms with Crippen LogP contribution in [0.25, 0.3) is 0 Å². The van der Waals surface area contributed by atoms with Crippen molar-refractivity contribution in [3.05, 3.63) is 35.7 Å². The number of benzene rings is 1. The summed E-state index contributed by atoms with van der Waals surface area (Å²) in [7, 11) is 0. The minimum Gasteiger partial charge on any atom is -0.368 e. The third-order valence-corrected chi connectivity index (χ3v) is 4.65. The minimum atomic E-state index is 0.264. The van der Waals surface area contributed by atoms with Gasteiger partial charge in [-0.25, -0.2) is 0 Å². The molecule has 2 aromatic rings. The quantitative estimate of drug-likeness (QED) is 0.870. The lowest BCUT2D eigenvalue weighted by molar-refractivity contribution is 0.131. The second-order valence-electron chi connectivity index (χ2n) is 7.21. The molecule has 6 nitrogen and oxygen atoms in total. The fourth-order valence-corrected chi connectivity index (χ4v) is 3.76. The lowest BCUT2D eigenvalue weighted by atomic mass is 9.92. The predicted octanol–water partition coefficient (Wildman–Crippen LogP) is 3.24. The summed E-state index contributed by atoms with van der Waals surface area (Å²) in [6, 6.07) is 8.18. The van der Waals surface area contributed by atoms with Gasteiger partial charge in [0.1, 0.15) is 5.82 Å². The van der Waals surface area contributed by atoms with Crippen LogP contribution in [0.5, 0.6) is 0 Å². The molecule has 0 amide bonds. The Balaban J connectivity index is 1.76. The normalized spacial score (nSPS) is 21.2. The smallest absolute Gasteiger partial charge is 0.232 e. The first kappa shape index (κ1) is 17.6. The Morgan fingerprint density at radius 3 is 2.56 bits per heavy atom. The number of hydrogen-bond acceptors (Lipinski definition) is 6. The average molecular weight is 340 g/mol. The van der Waals surface area contributed by atoms with Gasteiger partial charge in [0.25, 0.3) is 0 Å². The number of piperidine rings is 1. The van der Waals surface area contributed by atoms with Gasteiger partial charge in [0, 0.05) is 18.8 Å². The van der Waals surface area contributed by atoms with Crippen molar-refractivity contribution in [3.63, 3.8) is 0 Å². The largest absolute Gasteiger partial charge is 0.368 e. The highest BCUT2D eigenvalue weighted by molar-refractivity contribution is 5.58. The molecule has 3 rings (SSSR count). The van der Waals surface area contributed by atoms with E-state index in [-0.39, 0.29) is 5.95 Å². The molecule has 25 heavy (non-hydrogen) atoms. The molecule has 1 aliphatic heterocycles. The Morgan fingerprint density at radius 1 is 1.12 bits per heavy atom. The molecule has 1 aromatic carbocycles. The second-order valence-corrected chi connectivity index (χ2v) is 7.21. The molecular weight excluding hydrogens is 312 g/mol. The Morgan fingerprint density at radius 2 is 1.84 bits per heavy atom. The minimum absolute atomic E-state index is 0.264. The average Bonchev–Trinajstić information content (AvgIpc) is 2.53. The van der Waals surface area contributed by atoms with Crippen LogP contribution in [-0.2, 0) is 13.0 Å². The van der Waals surface area contributed by atoms with E-state index in [4.69, 9.17) is 5.73 Å². The summed E-state index contributed by atoms with van der Waals surface area (Å²) in [5.74, 6) is 2.92. The number of anilines is 3. The summed E-state index contributed by atoms with van der Waals surface area (Å²) in [5.41, 5.74) is 8.16. The molecule has 1 fully saturated rings. The first-order valence-corrected chi connectivity index (χ1v) is 9.11. The number of nitrogens with zero attached hydrogens (tertiary/aromatic N) is 4. The van der Waals surface area contributed by atoms with E-state index in [0.29, 0.717) is 24.3 Å². The zero-order chi connectivity index (χ0) is 17.8. The maximum Gasteiger partial charge on any atom is 0.232 e. The number of aromatic nitrogens is 3. The van der Waals surface area contributed by atoms with E-state index in [1.807, 2.05) is 18.2 Å². The molecule has 6 heteroatoms. The molecule has 1 aliphatic rings. The highest BCUT2D eigenvalue weighted by Gasteiger charge is 2.22. The summed E-state index contributed by atoms with van der Waals surface area (Å²) >= 11 is 0. The molecule has 1 aromatic heterocycles. The van der Waals surface area contributed by atoms with Crippen LogP contribution in [-0.4, -0.2) is 32.9 Å². The first-order chi connectivity index (χ1) is 12.0. The lowest BCUT2D eigenvalue weighted by Crippen LogP contribution is -2.38. The molecule has 0 bridgehead atoms. The standard InChI is InChI=1S/C19H28N6/c1-4-15-7-5-6-8-16(15)21-19-23-17(22-18(20)24-19)12-25-10-13(2)9-14(3)11-25/h5-8,13-14H,4,9-12H2,1-3H3,(H3,20,21,22,23,24). The number of rotatable bonds is 5.